The molecule has 20 heavy (non-hydrogen) atoms. The van der Waals surface area contributed by atoms with Crippen molar-refractivity contribution in [2.24, 2.45) is 5.73 Å². The Morgan fingerprint density at radius 1 is 1.40 bits per heavy atom. The molecule has 2 rings (SSSR count). The van der Waals surface area contributed by atoms with E-state index in [0.717, 1.165) is 19.4 Å². The number of hydrogen-bond donors (Lipinski definition) is 1. The van der Waals surface area contributed by atoms with E-state index in [9.17, 15) is 8.42 Å². The molecule has 2 atom stereocenters. The zero-order valence-corrected chi connectivity index (χ0v) is 13.1. The summed E-state index contributed by atoms with van der Waals surface area (Å²) in [6.45, 7) is 2.90. The van der Waals surface area contributed by atoms with Gasteiger partial charge in [0.05, 0.1) is 11.5 Å². The second-order valence-electron chi connectivity index (χ2n) is 5.79. The summed E-state index contributed by atoms with van der Waals surface area (Å²) in [6.07, 6.45) is 1.59. The van der Waals surface area contributed by atoms with Gasteiger partial charge in [0.15, 0.2) is 9.84 Å². The SMILES string of the molecule is Cc1ccccc1C(N)CCN(C)C1CCS(=O)(=O)C1. The van der Waals surface area contributed by atoms with Crippen LogP contribution in [0.3, 0.4) is 0 Å². The fourth-order valence-corrected chi connectivity index (χ4v) is 4.61. The summed E-state index contributed by atoms with van der Waals surface area (Å²) in [6, 6.07) is 8.33. The molecule has 2 N–H and O–H groups in total. The predicted molar refractivity (Wildman–Crippen MR) is 82.4 cm³/mol. The molecule has 0 saturated carbocycles. The highest BCUT2D eigenvalue weighted by Crippen LogP contribution is 2.21. The first kappa shape index (κ1) is 15.5. The fourth-order valence-electron chi connectivity index (χ4n) is 2.81. The van der Waals surface area contributed by atoms with Crippen LogP contribution in [0.2, 0.25) is 0 Å². The molecule has 0 bridgehead atoms. The van der Waals surface area contributed by atoms with Crippen LogP contribution in [0.4, 0.5) is 0 Å². The van der Waals surface area contributed by atoms with Crippen molar-refractivity contribution in [1.29, 1.82) is 0 Å². The lowest BCUT2D eigenvalue weighted by atomic mass is 9.99. The van der Waals surface area contributed by atoms with Gasteiger partial charge < -0.3 is 10.6 Å². The van der Waals surface area contributed by atoms with E-state index >= 15 is 0 Å². The van der Waals surface area contributed by atoms with Crippen molar-refractivity contribution in [3.63, 3.8) is 0 Å². The van der Waals surface area contributed by atoms with Gasteiger partial charge >= 0.3 is 0 Å². The molecule has 1 fully saturated rings. The van der Waals surface area contributed by atoms with Gasteiger partial charge in [0, 0.05) is 12.1 Å². The average Bonchev–Trinajstić information content (AvgIpc) is 2.76. The Kier molecular flexibility index (Phi) is 4.83. The van der Waals surface area contributed by atoms with E-state index in [1.165, 1.54) is 11.1 Å². The molecule has 1 aromatic rings. The van der Waals surface area contributed by atoms with Gasteiger partial charge in [0.25, 0.3) is 0 Å². The van der Waals surface area contributed by atoms with Gasteiger partial charge in [-0.3, -0.25) is 0 Å². The van der Waals surface area contributed by atoms with Crippen molar-refractivity contribution >= 4 is 9.84 Å². The van der Waals surface area contributed by atoms with Crippen LogP contribution >= 0.6 is 0 Å². The number of nitrogens with zero attached hydrogens (tertiary/aromatic N) is 1. The van der Waals surface area contributed by atoms with E-state index in [-0.39, 0.29) is 12.1 Å². The van der Waals surface area contributed by atoms with Crippen molar-refractivity contribution in [2.75, 3.05) is 25.1 Å². The van der Waals surface area contributed by atoms with E-state index in [1.54, 1.807) is 0 Å². The van der Waals surface area contributed by atoms with E-state index in [2.05, 4.69) is 24.0 Å². The number of sulfone groups is 1. The second kappa shape index (κ2) is 6.24. The van der Waals surface area contributed by atoms with Crippen LogP contribution in [-0.4, -0.2) is 44.5 Å². The topological polar surface area (TPSA) is 63.4 Å². The normalized spacial score (nSPS) is 23.1. The Morgan fingerprint density at radius 3 is 2.70 bits per heavy atom. The first-order chi connectivity index (χ1) is 9.39. The summed E-state index contributed by atoms with van der Waals surface area (Å²) in [5.74, 6) is 0.620. The fraction of sp³-hybridized carbons (Fsp3) is 0.600. The molecule has 112 valence electrons. The highest BCUT2D eigenvalue weighted by atomic mass is 32.2. The monoisotopic (exact) mass is 296 g/mol. The molecule has 1 aromatic carbocycles. The van der Waals surface area contributed by atoms with Gasteiger partial charge in [0.1, 0.15) is 0 Å². The van der Waals surface area contributed by atoms with Crippen LogP contribution in [0.1, 0.15) is 30.0 Å². The summed E-state index contributed by atoms with van der Waals surface area (Å²) in [7, 11) is -0.815. The molecule has 1 aliphatic rings. The number of aryl methyl sites for hydroxylation is 1. The maximum absolute atomic E-state index is 11.5. The molecular formula is C15H24N2O2S. The minimum absolute atomic E-state index is 0.0108. The van der Waals surface area contributed by atoms with E-state index in [0.29, 0.717) is 11.5 Å². The smallest absolute Gasteiger partial charge is 0.151 e. The Bertz CT molecular complexity index is 557. The van der Waals surface area contributed by atoms with Crippen LogP contribution in [0.15, 0.2) is 24.3 Å². The number of rotatable bonds is 5. The molecule has 1 heterocycles. The van der Waals surface area contributed by atoms with E-state index < -0.39 is 9.84 Å². The van der Waals surface area contributed by atoms with Gasteiger partial charge in [-0.05, 0) is 44.5 Å². The summed E-state index contributed by atoms with van der Waals surface area (Å²) in [5.41, 5.74) is 8.65. The molecule has 1 aliphatic heterocycles. The molecule has 5 heteroatoms. The predicted octanol–water partition coefficient (Wildman–Crippen LogP) is 1.50. The van der Waals surface area contributed by atoms with Crippen LogP contribution in [0, 0.1) is 6.92 Å². The third-order valence-electron chi connectivity index (χ3n) is 4.21. The summed E-state index contributed by atoms with van der Waals surface area (Å²) >= 11 is 0. The Morgan fingerprint density at radius 2 is 2.10 bits per heavy atom. The number of nitrogens with two attached hydrogens (primary N) is 1. The van der Waals surface area contributed by atoms with Crippen LogP contribution in [-0.2, 0) is 9.84 Å². The summed E-state index contributed by atoms with van der Waals surface area (Å²) < 4.78 is 23.0. The van der Waals surface area contributed by atoms with E-state index in [1.807, 2.05) is 19.2 Å². The van der Waals surface area contributed by atoms with Gasteiger partial charge in [-0.1, -0.05) is 24.3 Å². The first-order valence-electron chi connectivity index (χ1n) is 7.11. The lowest BCUT2D eigenvalue weighted by Gasteiger charge is -2.25. The van der Waals surface area contributed by atoms with Gasteiger partial charge in [-0.25, -0.2) is 8.42 Å². The van der Waals surface area contributed by atoms with Crippen LogP contribution in [0.5, 0.6) is 0 Å². The van der Waals surface area contributed by atoms with Gasteiger partial charge in [0.2, 0.25) is 0 Å². The van der Waals surface area contributed by atoms with Crippen molar-refractivity contribution in [1.82, 2.24) is 4.90 Å². The Hall–Kier alpha value is -0.910. The summed E-state index contributed by atoms with van der Waals surface area (Å²) in [4.78, 5) is 2.14. The largest absolute Gasteiger partial charge is 0.324 e. The molecular weight excluding hydrogens is 272 g/mol. The van der Waals surface area contributed by atoms with Gasteiger partial charge in [-0.15, -0.1) is 0 Å². The quantitative estimate of drug-likeness (QED) is 0.894. The third kappa shape index (κ3) is 3.81. The lowest BCUT2D eigenvalue weighted by molar-refractivity contribution is 0.252. The van der Waals surface area contributed by atoms with Crippen molar-refractivity contribution in [2.45, 2.75) is 31.8 Å². The lowest BCUT2D eigenvalue weighted by Crippen LogP contribution is -2.34. The maximum atomic E-state index is 11.5. The van der Waals surface area contributed by atoms with Crippen molar-refractivity contribution in [3.8, 4) is 0 Å². The maximum Gasteiger partial charge on any atom is 0.151 e. The molecule has 1 saturated heterocycles. The molecule has 0 radical (unpaired) electrons. The first-order valence-corrected chi connectivity index (χ1v) is 8.93. The van der Waals surface area contributed by atoms with Crippen LogP contribution < -0.4 is 5.73 Å². The van der Waals surface area contributed by atoms with Gasteiger partial charge in [-0.2, -0.15) is 0 Å². The van der Waals surface area contributed by atoms with Crippen molar-refractivity contribution < 1.29 is 8.42 Å². The molecule has 0 aromatic heterocycles. The van der Waals surface area contributed by atoms with Crippen LogP contribution in [0.25, 0.3) is 0 Å². The molecule has 0 amide bonds. The standard InChI is InChI=1S/C15H24N2O2S/c1-12-5-3-4-6-14(12)15(16)7-9-17(2)13-8-10-20(18,19)11-13/h3-6,13,15H,7-11,16H2,1-2H3. The van der Waals surface area contributed by atoms with E-state index in [4.69, 9.17) is 5.73 Å². The average molecular weight is 296 g/mol. The zero-order chi connectivity index (χ0) is 14.8. The molecule has 0 spiro atoms. The highest BCUT2D eigenvalue weighted by Gasteiger charge is 2.30. The van der Waals surface area contributed by atoms with Crippen molar-refractivity contribution in [3.05, 3.63) is 35.4 Å². The minimum Gasteiger partial charge on any atom is -0.324 e. The number of benzene rings is 1. The molecule has 0 aliphatic carbocycles. The Balaban J connectivity index is 1.88. The Labute approximate surface area is 121 Å². The highest BCUT2D eigenvalue weighted by molar-refractivity contribution is 7.91. The minimum atomic E-state index is -2.81. The molecule has 2 unspecified atom stereocenters. The number of hydrogen-bond acceptors (Lipinski definition) is 4. The third-order valence-corrected chi connectivity index (χ3v) is 5.96. The second-order valence-corrected chi connectivity index (χ2v) is 8.02. The summed E-state index contributed by atoms with van der Waals surface area (Å²) in [5, 5.41) is 0. The molecule has 4 nitrogen and oxygen atoms in total. The zero-order valence-electron chi connectivity index (χ0n) is 12.2.